The second-order valence-electron chi connectivity index (χ2n) is 2.95. The Morgan fingerprint density at radius 1 is 1.40 bits per heavy atom. The third-order valence-electron chi connectivity index (χ3n) is 1.98. The SMILES string of the molecule is CCC(=O)C(=O)c1cc(Cl)ccc1OC. The Hall–Kier alpha value is -1.35. The van der Waals surface area contributed by atoms with Gasteiger partial charge in [-0.3, -0.25) is 9.59 Å². The summed E-state index contributed by atoms with van der Waals surface area (Å²) >= 11 is 5.75. The number of methoxy groups -OCH3 is 1. The molecular formula is C11H11ClO3. The summed E-state index contributed by atoms with van der Waals surface area (Å²) in [5.41, 5.74) is 0.219. The Morgan fingerprint density at radius 3 is 2.60 bits per heavy atom. The molecular weight excluding hydrogens is 216 g/mol. The molecule has 0 saturated carbocycles. The van der Waals surface area contributed by atoms with Gasteiger partial charge < -0.3 is 4.74 Å². The molecule has 0 atom stereocenters. The molecule has 0 aromatic heterocycles. The van der Waals surface area contributed by atoms with E-state index in [4.69, 9.17) is 16.3 Å². The van der Waals surface area contributed by atoms with E-state index in [1.807, 2.05) is 0 Å². The van der Waals surface area contributed by atoms with Crippen LogP contribution in [0.4, 0.5) is 0 Å². The second kappa shape index (κ2) is 4.94. The van der Waals surface area contributed by atoms with Gasteiger partial charge in [0.25, 0.3) is 0 Å². The second-order valence-corrected chi connectivity index (χ2v) is 3.39. The molecule has 0 saturated heterocycles. The number of carbonyl (C=O) groups excluding carboxylic acids is 2. The van der Waals surface area contributed by atoms with E-state index in [2.05, 4.69) is 0 Å². The van der Waals surface area contributed by atoms with Crippen molar-refractivity contribution in [3.05, 3.63) is 28.8 Å². The zero-order valence-corrected chi connectivity index (χ0v) is 9.30. The van der Waals surface area contributed by atoms with Crippen LogP contribution in [0, 0.1) is 0 Å². The highest BCUT2D eigenvalue weighted by molar-refractivity contribution is 6.44. The molecule has 0 heterocycles. The van der Waals surface area contributed by atoms with E-state index in [-0.39, 0.29) is 12.0 Å². The number of halogens is 1. The summed E-state index contributed by atoms with van der Waals surface area (Å²) in [6.45, 7) is 1.64. The summed E-state index contributed by atoms with van der Waals surface area (Å²) in [6, 6.07) is 4.61. The number of ether oxygens (including phenoxy) is 1. The predicted molar refractivity (Wildman–Crippen MR) is 57.6 cm³/mol. The summed E-state index contributed by atoms with van der Waals surface area (Å²) in [6.07, 6.45) is 0.175. The molecule has 15 heavy (non-hydrogen) atoms. The van der Waals surface area contributed by atoms with E-state index in [1.165, 1.54) is 13.2 Å². The van der Waals surface area contributed by atoms with Crippen molar-refractivity contribution in [3.8, 4) is 5.75 Å². The van der Waals surface area contributed by atoms with E-state index in [9.17, 15) is 9.59 Å². The Bertz CT molecular complexity index is 399. The van der Waals surface area contributed by atoms with Gasteiger partial charge in [-0.05, 0) is 18.2 Å². The lowest BCUT2D eigenvalue weighted by molar-refractivity contribution is -0.114. The van der Waals surface area contributed by atoms with E-state index < -0.39 is 11.6 Å². The van der Waals surface area contributed by atoms with Gasteiger partial charge in [0, 0.05) is 11.4 Å². The summed E-state index contributed by atoms with van der Waals surface area (Å²) < 4.78 is 4.98. The molecule has 4 heteroatoms. The van der Waals surface area contributed by atoms with Crippen LogP contribution in [0.2, 0.25) is 5.02 Å². The van der Waals surface area contributed by atoms with Crippen molar-refractivity contribution in [1.29, 1.82) is 0 Å². The highest BCUT2D eigenvalue weighted by Crippen LogP contribution is 2.23. The maximum absolute atomic E-state index is 11.6. The van der Waals surface area contributed by atoms with E-state index >= 15 is 0 Å². The molecule has 0 unspecified atom stereocenters. The van der Waals surface area contributed by atoms with Crippen molar-refractivity contribution >= 4 is 23.2 Å². The van der Waals surface area contributed by atoms with Crippen molar-refractivity contribution in [2.24, 2.45) is 0 Å². The molecule has 0 spiro atoms. The van der Waals surface area contributed by atoms with Gasteiger partial charge in [-0.25, -0.2) is 0 Å². The van der Waals surface area contributed by atoms with Gasteiger partial charge in [0.05, 0.1) is 12.7 Å². The zero-order valence-electron chi connectivity index (χ0n) is 8.54. The first kappa shape index (κ1) is 11.7. The molecule has 80 valence electrons. The van der Waals surface area contributed by atoms with Crippen LogP contribution in [0.1, 0.15) is 23.7 Å². The number of hydrogen-bond acceptors (Lipinski definition) is 3. The summed E-state index contributed by atoms with van der Waals surface area (Å²) in [4.78, 5) is 22.9. The predicted octanol–water partition coefficient (Wildman–Crippen LogP) is 2.51. The van der Waals surface area contributed by atoms with E-state index in [0.29, 0.717) is 10.8 Å². The lowest BCUT2D eigenvalue weighted by Crippen LogP contribution is -2.13. The third-order valence-corrected chi connectivity index (χ3v) is 2.22. The molecule has 0 N–H and O–H groups in total. The molecule has 0 fully saturated rings. The first-order chi connectivity index (χ1) is 7.10. The van der Waals surface area contributed by atoms with Gasteiger partial charge in [-0.15, -0.1) is 0 Å². The van der Waals surface area contributed by atoms with Crippen LogP contribution in [0.5, 0.6) is 5.75 Å². The smallest absolute Gasteiger partial charge is 0.232 e. The van der Waals surface area contributed by atoms with Crippen LogP contribution in [-0.2, 0) is 4.79 Å². The molecule has 3 nitrogen and oxygen atoms in total. The summed E-state index contributed by atoms with van der Waals surface area (Å²) in [5.74, 6) is -0.640. The normalized spacial score (nSPS) is 9.80. The fraction of sp³-hybridized carbons (Fsp3) is 0.273. The van der Waals surface area contributed by atoms with Crippen LogP contribution in [0.25, 0.3) is 0 Å². The van der Waals surface area contributed by atoms with Crippen molar-refractivity contribution in [2.45, 2.75) is 13.3 Å². The number of carbonyl (C=O) groups is 2. The van der Waals surface area contributed by atoms with Gasteiger partial charge in [-0.1, -0.05) is 18.5 Å². The first-order valence-electron chi connectivity index (χ1n) is 4.51. The van der Waals surface area contributed by atoms with Crippen LogP contribution < -0.4 is 4.74 Å². The minimum absolute atomic E-state index is 0.175. The van der Waals surface area contributed by atoms with Gasteiger partial charge in [-0.2, -0.15) is 0 Å². The highest BCUT2D eigenvalue weighted by atomic mass is 35.5. The van der Waals surface area contributed by atoms with Crippen molar-refractivity contribution in [2.75, 3.05) is 7.11 Å². The van der Waals surface area contributed by atoms with Crippen LogP contribution in [0.3, 0.4) is 0 Å². The van der Waals surface area contributed by atoms with Gasteiger partial charge in [0.1, 0.15) is 5.75 Å². The Kier molecular flexibility index (Phi) is 3.86. The maximum Gasteiger partial charge on any atom is 0.232 e. The molecule has 0 aliphatic carbocycles. The topological polar surface area (TPSA) is 43.4 Å². The Morgan fingerprint density at radius 2 is 2.07 bits per heavy atom. The zero-order chi connectivity index (χ0) is 11.4. The molecule has 0 aliphatic rings. The molecule has 1 aromatic rings. The summed E-state index contributed by atoms with van der Waals surface area (Å²) in [7, 11) is 1.44. The van der Waals surface area contributed by atoms with E-state index in [1.54, 1.807) is 19.1 Å². The molecule has 0 bridgehead atoms. The quantitative estimate of drug-likeness (QED) is 0.585. The minimum Gasteiger partial charge on any atom is -0.496 e. The van der Waals surface area contributed by atoms with Gasteiger partial charge >= 0.3 is 0 Å². The largest absolute Gasteiger partial charge is 0.496 e. The average Bonchev–Trinajstić information content (AvgIpc) is 2.27. The first-order valence-corrected chi connectivity index (χ1v) is 4.89. The molecule has 1 aromatic carbocycles. The number of ketones is 2. The molecule has 0 amide bonds. The monoisotopic (exact) mass is 226 g/mol. The molecule has 0 aliphatic heterocycles. The standard InChI is InChI=1S/C11H11ClO3/c1-3-9(13)11(14)8-6-7(12)4-5-10(8)15-2/h4-6H,3H2,1-2H3. The van der Waals surface area contributed by atoms with Crippen LogP contribution in [-0.4, -0.2) is 18.7 Å². The maximum atomic E-state index is 11.6. The average molecular weight is 227 g/mol. The number of Topliss-reactive ketones (excluding diaryl/α,β-unsaturated/α-hetero) is 2. The Labute approximate surface area is 93.0 Å². The Balaban J connectivity index is 3.17. The lowest BCUT2D eigenvalue weighted by atomic mass is 10.1. The van der Waals surface area contributed by atoms with Crippen molar-refractivity contribution < 1.29 is 14.3 Å². The van der Waals surface area contributed by atoms with Crippen LogP contribution >= 0.6 is 11.6 Å². The summed E-state index contributed by atoms with van der Waals surface area (Å²) in [5, 5.41) is 0.406. The fourth-order valence-electron chi connectivity index (χ4n) is 1.17. The van der Waals surface area contributed by atoms with Gasteiger partial charge in [0.15, 0.2) is 0 Å². The number of benzene rings is 1. The lowest BCUT2D eigenvalue weighted by Gasteiger charge is -2.06. The van der Waals surface area contributed by atoms with Gasteiger partial charge in [0.2, 0.25) is 11.6 Å². The number of hydrogen-bond donors (Lipinski definition) is 0. The fourth-order valence-corrected chi connectivity index (χ4v) is 1.34. The van der Waals surface area contributed by atoms with Crippen molar-refractivity contribution in [3.63, 3.8) is 0 Å². The van der Waals surface area contributed by atoms with Crippen molar-refractivity contribution in [1.82, 2.24) is 0 Å². The van der Waals surface area contributed by atoms with E-state index in [0.717, 1.165) is 0 Å². The number of rotatable bonds is 4. The third kappa shape index (κ3) is 2.57. The highest BCUT2D eigenvalue weighted by Gasteiger charge is 2.18. The molecule has 1 rings (SSSR count). The molecule has 0 radical (unpaired) electrons. The minimum atomic E-state index is -0.558. The van der Waals surface area contributed by atoms with Crippen LogP contribution in [0.15, 0.2) is 18.2 Å².